The van der Waals surface area contributed by atoms with Crippen LogP contribution in [0.15, 0.2) is 29.8 Å². The molecule has 0 unspecified atom stereocenters. The largest absolute Gasteiger partial charge is 0.352 e. The normalized spacial score (nSPS) is 14.9. The molecule has 3 nitrogen and oxygen atoms in total. The van der Waals surface area contributed by atoms with Gasteiger partial charge in [0, 0.05) is 18.7 Å². The standard InChI is InChI=1S/C14H16ClFN2O/c15-12-9-11(1-2-13(12)16)14(19)18-8-5-10-3-6-17-7-4-10/h1-3,9,17H,4-8H2,(H,18,19). The third-order valence-corrected chi connectivity index (χ3v) is 3.36. The predicted octanol–water partition coefficient (Wildman–Crippen LogP) is 2.52. The first-order valence-electron chi connectivity index (χ1n) is 6.28. The number of amides is 1. The lowest BCUT2D eigenvalue weighted by atomic mass is 10.1. The zero-order valence-corrected chi connectivity index (χ0v) is 11.3. The van der Waals surface area contributed by atoms with Gasteiger partial charge in [-0.15, -0.1) is 0 Å². The van der Waals surface area contributed by atoms with E-state index in [1.54, 1.807) is 0 Å². The van der Waals surface area contributed by atoms with Gasteiger partial charge >= 0.3 is 0 Å². The van der Waals surface area contributed by atoms with Crippen LogP contribution < -0.4 is 10.6 Å². The van der Waals surface area contributed by atoms with Gasteiger partial charge in [-0.1, -0.05) is 23.3 Å². The second kappa shape index (κ2) is 6.68. The van der Waals surface area contributed by atoms with Crippen LogP contribution in [0.1, 0.15) is 23.2 Å². The van der Waals surface area contributed by atoms with Gasteiger partial charge in [0.2, 0.25) is 0 Å². The molecule has 102 valence electrons. The topological polar surface area (TPSA) is 41.1 Å². The molecule has 1 aromatic rings. The van der Waals surface area contributed by atoms with Crippen molar-refractivity contribution in [2.45, 2.75) is 12.8 Å². The van der Waals surface area contributed by atoms with Gasteiger partial charge in [-0.2, -0.15) is 0 Å². The molecule has 0 atom stereocenters. The van der Waals surface area contributed by atoms with Gasteiger partial charge in [0.1, 0.15) is 5.82 Å². The molecule has 0 radical (unpaired) electrons. The zero-order valence-electron chi connectivity index (χ0n) is 10.5. The van der Waals surface area contributed by atoms with E-state index < -0.39 is 5.82 Å². The van der Waals surface area contributed by atoms with Gasteiger partial charge in [0.15, 0.2) is 0 Å². The van der Waals surface area contributed by atoms with Crippen molar-refractivity contribution in [2.75, 3.05) is 19.6 Å². The Hall–Kier alpha value is -1.39. The van der Waals surface area contributed by atoms with E-state index in [0.717, 1.165) is 25.9 Å². The van der Waals surface area contributed by atoms with Crippen molar-refractivity contribution < 1.29 is 9.18 Å². The van der Waals surface area contributed by atoms with Gasteiger partial charge in [-0.3, -0.25) is 4.79 Å². The average Bonchev–Trinajstić information content (AvgIpc) is 2.43. The number of carbonyl (C=O) groups excluding carboxylic acids is 1. The molecule has 1 heterocycles. The van der Waals surface area contributed by atoms with Gasteiger partial charge in [-0.05, 0) is 37.6 Å². The number of halogens is 2. The highest BCUT2D eigenvalue weighted by atomic mass is 35.5. The van der Waals surface area contributed by atoms with Crippen molar-refractivity contribution in [3.63, 3.8) is 0 Å². The quantitative estimate of drug-likeness (QED) is 0.833. The molecule has 2 N–H and O–H groups in total. The molecule has 0 spiro atoms. The molecule has 0 fully saturated rings. The molecule has 5 heteroatoms. The molecule has 0 aromatic heterocycles. The summed E-state index contributed by atoms with van der Waals surface area (Å²) >= 11 is 5.64. The minimum Gasteiger partial charge on any atom is -0.352 e. The number of rotatable bonds is 4. The van der Waals surface area contributed by atoms with Gasteiger partial charge < -0.3 is 10.6 Å². The first kappa shape index (κ1) is 14.0. The van der Waals surface area contributed by atoms with Crippen molar-refractivity contribution in [2.24, 2.45) is 0 Å². The number of benzene rings is 1. The van der Waals surface area contributed by atoms with E-state index in [1.807, 2.05) is 0 Å². The van der Waals surface area contributed by atoms with Crippen molar-refractivity contribution in [1.29, 1.82) is 0 Å². The molecule has 1 aliphatic heterocycles. The Kier molecular flexibility index (Phi) is 4.93. The zero-order chi connectivity index (χ0) is 13.7. The van der Waals surface area contributed by atoms with Crippen LogP contribution in [0.3, 0.4) is 0 Å². The first-order chi connectivity index (χ1) is 9.16. The molecule has 1 amide bonds. The summed E-state index contributed by atoms with van der Waals surface area (Å²) in [5.74, 6) is -0.741. The van der Waals surface area contributed by atoms with Crippen LogP contribution in [0.4, 0.5) is 4.39 Å². The van der Waals surface area contributed by atoms with Crippen LogP contribution in [0, 0.1) is 5.82 Å². The van der Waals surface area contributed by atoms with Crippen LogP contribution in [0.2, 0.25) is 5.02 Å². The number of nitrogens with one attached hydrogen (secondary N) is 2. The van der Waals surface area contributed by atoms with Gasteiger partial charge in [0.25, 0.3) is 5.91 Å². The van der Waals surface area contributed by atoms with Crippen LogP contribution in [-0.2, 0) is 0 Å². The Morgan fingerprint density at radius 2 is 2.32 bits per heavy atom. The van der Waals surface area contributed by atoms with Crippen molar-refractivity contribution in [1.82, 2.24) is 10.6 Å². The highest BCUT2D eigenvalue weighted by molar-refractivity contribution is 6.31. The van der Waals surface area contributed by atoms with Crippen LogP contribution in [0.5, 0.6) is 0 Å². The molecule has 0 saturated carbocycles. The maximum atomic E-state index is 13.0. The minimum absolute atomic E-state index is 0.0336. The lowest BCUT2D eigenvalue weighted by Gasteiger charge is -2.14. The summed E-state index contributed by atoms with van der Waals surface area (Å²) in [6.45, 7) is 2.48. The fraction of sp³-hybridized carbons (Fsp3) is 0.357. The van der Waals surface area contributed by atoms with Crippen LogP contribution >= 0.6 is 11.6 Å². The molecule has 2 rings (SSSR count). The maximum Gasteiger partial charge on any atom is 0.251 e. The molecular formula is C14H16ClFN2O. The fourth-order valence-corrected chi connectivity index (χ4v) is 2.15. The third kappa shape index (κ3) is 4.04. The molecular weight excluding hydrogens is 267 g/mol. The molecule has 19 heavy (non-hydrogen) atoms. The Morgan fingerprint density at radius 3 is 3.00 bits per heavy atom. The fourth-order valence-electron chi connectivity index (χ4n) is 1.97. The van der Waals surface area contributed by atoms with E-state index in [-0.39, 0.29) is 10.9 Å². The minimum atomic E-state index is -0.516. The van der Waals surface area contributed by atoms with Crippen LogP contribution in [-0.4, -0.2) is 25.5 Å². The number of hydrogen-bond donors (Lipinski definition) is 2. The summed E-state index contributed by atoms with van der Waals surface area (Å²) in [5.41, 5.74) is 1.74. The first-order valence-corrected chi connectivity index (χ1v) is 6.66. The molecule has 0 saturated heterocycles. The Labute approximate surface area is 116 Å². The van der Waals surface area contributed by atoms with Gasteiger partial charge in [0.05, 0.1) is 5.02 Å². The Bertz CT molecular complexity index is 502. The van der Waals surface area contributed by atoms with Crippen molar-refractivity contribution >= 4 is 17.5 Å². The second-order valence-corrected chi connectivity index (χ2v) is 4.86. The highest BCUT2D eigenvalue weighted by Gasteiger charge is 2.09. The van der Waals surface area contributed by atoms with Crippen LogP contribution in [0.25, 0.3) is 0 Å². The Balaban J connectivity index is 1.83. The SMILES string of the molecule is O=C(NCCC1=CCNCC1)c1ccc(F)c(Cl)c1. The summed E-state index contributed by atoms with van der Waals surface area (Å²) in [7, 11) is 0. The lowest BCUT2D eigenvalue weighted by molar-refractivity contribution is 0.0954. The summed E-state index contributed by atoms with van der Waals surface area (Å²) in [5, 5.41) is 6.02. The third-order valence-electron chi connectivity index (χ3n) is 3.07. The maximum absolute atomic E-state index is 13.0. The van der Waals surface area contributed by atoms with E-state index >= 15 is 0 Å². The lowest BCUT2D eigenvalue weighted by Crippen LogP contribution is -2.26. The molecule has 1 aromatic carbocycles. The Morgan fingerprint density at radius 1 is 1.47 bits per heavy atom. The van der Waals surface area contributed by atoms with E-state index in [4.69, 9.17) is 11.6 Å². The van der Waals surface area contributed by atoms with E-state index in [0.29, 0.717) is 12.1 Å². The van der Waals surface area contributed by atoms with E-state index in [9.17, 15) is 9.18 Å². The van der Waals surface area contributed by atoms with Crippen molar-refractivity contribution in [3.8, 4) is 0 Å². The van der Waals surface area contributed by atoms with Gasteiger partial charge in [-0.25, -0.2) is 4.39 Å². The molecule has 1 aliphatic rings. The number of hydrogen-bond acceptors (Lipinski definition) is 2. The van der Waals surface area contributed by atoms with E-state index in [2.05, 4.69) is 16.7 Å². The predicted molar refractivity (Wildman–Crippen MR) is 73.9 cm³/mol. The smallest absolute Gasteiger partial charge is 0.251 e. The average molecular weight is 283 g/mol. The summed E-state index contributed by atoms with van der Waals surface area (Å²) < 4.78 is 13.0. The summed E-state index contributed by atoms with van der Waals surface area (Å²) in [6, 6.07) is 3.98. The molecule has 0 bridgehead atoms. The highest BCUT2D eigenvalue weighted by Crippen LogP contribution is 2.16. The monoisotopic (exact) mass is 282 g/mol. The van der Waals surface area contributed by atoms with E-state index in [1.165, 1.54) is 23.8 Å². The van der Waals surface area contributed by atoms with Crippen molar-refractivity contribution in [3.05, 3.63) is 46.3 Å². The molecule has 0 aliphatic carbocycles. The summed E-state index contributed by atoms with van der Waals surface area (Å²) in [4.78, 5) is 11.8. The second-order valence-electron chi connectivity index (χ2n) is 4.45. The summed E-state index contributed by atoms with van der Waals surface area (Å²) in [6.07, 6.45) is 4.03. The number of carbonyl (C=O) groups is 1.